The zero-order valence-electron chi connectivity index (χ0n) is 22.0. The minimum Gasteiger partial charge on any atom is -0.365 e. The normalized spacial score (nSPS) is 9.86. The summed E-state index contributed by atoms with van der Waals surface area (Å²) in [5.74, 6) is -0.684. The predicted octanol–water partition coefficient (Wildman–Crippen LogP) is 5.88. The predicted molar refractivity (Wildman–Crippen MR) is 154 cm³/mol. The standard InChI is InChI=1S/C26H25N5O2.2C2H6/c27-13-4-14-29-26(33)18-9-7-17(8-10-18)19-11-12-23-21(15-19)24(22(16-30-23)25(28)32)31-20-5-2-1-3-6-20;2*1-2/h1-3,5-12,15-16H,4,13-14,27H2,(H2,28,32)(H,29,33)(H,30,31);2*1-2H3. The number of pyridine rings is 1. The van der Waals surface area contributed by atoms with Gasteiger partial charge in [-0.15, -0.1) is 0 Å². The fraction of sp³-hybridized carbons (Fsp3) is 0.233. The van der Waals surface area contributed by atoms with Crippen molar-refractivity contribution in [1.82, 2.24) is 10.3 Å². The van der Waals surface area contributed by atoms with Gasteiger partial charge >= 0.3 is 0 Å². The number of carbonyl (C=O) groups is 2. The Hall–Kier alpha value is -4.23. The number of aromatic nitrogens is 1. The monoisotopic (exact) mass is 499 g/mol. The summed E-state index contributed by atoms with van der Waals surface area (Å²) in [5.41, 5.74) is 16.0. The highest BCUT2D eigenvalue weighted by atomic mass is 16.2. The molecule has 1 heterocycles. The number of benzene rings is 3. The molecule has 194 valence electrons. The van der Waals surface area contributed by atoms with Crippen molar-refractivity contribution in [1.29, 1.82) is 0 Å². The van der Waals surface area contributed by atoms with Crippen LogP contribution in [0.3, 0.4) is 0 Å². The summed E-state index contributed by atoms with van der Waals surface area (Å²) in [6.07, 6.45) is 2.23. The maximum atomic E-state index is 12.2. The first-order chi connectivity index (χ1) is 18.1. The van der Waals surface area contributed by atoms with E-state index in [2.05, 4.69) is 15.6 Å². The average molecular weight is 500 g/mol. The molecule has 4 rings (SSSR count). The maximum Gasteiger partial charge on any atom is 0.252 e. The van der Waals surface area contributed by atoms with Crippen LogP contribution in [0.25, 0.3) is 22.0 Å². The van der Waals surface area contributed by atoms with Crippen LogP contribution in [0.1, 0.15) is 54.8 Å². The fourth-order valence-corrected chi connectivity index (χ4v) is 3.58. The molecule has 2 amide bonds. The van der Waals surface area contributed by atoms with Crippen LogP contribution in [0.15, 0.2) is 79.0 Å². The molecule has 3 aromatic carbocycles. The van der Waals surface area contributed by atoms with Crippen LogP contribution in [-0.4, -0.2) is 29.9 Å². The fourth-order valence-electron chi connectivity index (χ4n) is 3.58. The summed E-state index contributed by atoms with van der Waals surface area (Å²) in [7, 11) is 0. The van der Waals surface area contributed by atoms with Crippen LogP contribution in [0.5, 0.6) is 0 Å². The number of nitrogens with one attached hydrogen (secondary N) is 2. The van der Waals surface area contributed by atoms with E-state index in [1.54, 1.807) is 12.1 Å². The van der Waals surface area contributed by atoms with Crippen LogP contribution in [0, 0.1) is 0 Å². The van der Waals surface area contributed by atoms with Crippen molar-refractivity contribution < 1.29 is 9.59 Å². The Morgan fingerprint density at radius 2 is 1.51 bits per heavy atom. The van der Waals surface area contributed by atoms with Gasteiger partial charge in [0.15, 0.2) is 0 Å². The lowest BCUT2D eigenvalue weighted by molar-refractivity contribution is 0.0952. The molecule has 0 aliphatic rings. The Balaban J connectivity index is 0.00000115. The van der Waals surface area contributed by atoms with Gasteiger partial charge in [0.25, 0.3) is 11.8 Å². The number of carbonyl (C=O) groups excluding carboxylic acids is 2. The molecule has 0 unspecified atom stereocenters. The first-order valence-corrected chi connectivity index (χ1v) is 12.7. The minimum atomic E-state index is -0.557. The molecule has 1 aromatic heterocycles. The summed E-state index contributed by atoms with van der Waals surface area (Å²) >= 11 is 0. The number of hydrogen-bond acceptors (Lipinski definition) is 5. The van der Waals surface area contributed by atoms with Crippen molar-refractivity contribution in [2.45, 2.75) is 34.1 Å². The molecule has 0 saturated carbocycles. The summed E-state index contributed by atoms with van der Waals surface area (Å²) in [6.45, 7) is 9.09. The number of nitrogens with two attached hydrogens (primary N) is 2. The second-order valence-electron chi connectivity index (χ2n) is 7.61. The highest BCUT2D eigenvalue weighted by Crippen LogP contribution is 2.32. The number of nitrogens with zero attached hydrogens (tertiary/aromatic N) is 1. The van der Waals surface area contributed by atoms with Gasteiger partial charge in [0.1, 0.15) is 0 Å². The van der Waals surface area contributed by atoms with Crippen molar-refractivity contribution in [3.8, 4) is 11.1 Å². The number of anilines is 2. The number of rotatable bonds is 8. The van der Waals surface area contributed by atoms with E-state index in [9.17, 15) is 9.59 Å². The Kier molecular flexibility index (Phi) is 11.8. The lowest BCUT2D eigenvalue weighted by Gasteiger charge is -2.14. The molecule has 7 heteroatoms. The summed E-state index contributed by atoms with van der Waals surface area (Å²) in [6, 6.07) is 22.8. The molecule has 0 aliphatic heterocycles. The Labute approximate surface area is 219 Å². The molecule has 0 aliphatic carbocycles. The van der Waals surface area contributed by atoms with E-state index in [0.717, 1.165) is 34.1 Å². The molecule has 0 bridgehead atoms. The van der Waals surface area contributed by atoms with E-state index < -0.39 is 5.91 Å². The van der Waals surface area contributed by atoms with E-state index in [-0.39, 0.29) is 5.91 Å². The molecule has 0 saturated heterocycles. The van der Waals surface area contributed by atoms with E-state index >= 15 is 0 Å². The Morgan fingerprint density at radius 3 is 2.14 bits per heavy atom. The first kappa shape index (κ1) is 29.0. The van der Waals surface area contributed by atoms with Gasteiger partial charge < -0.3 is 22.1 Å². The minimum absolute atomic E-state index is 0.127. The molecule has 37 heavy (non-hydrogen) atoms. The van der Waals surface area contributed by atoms with Crippen molar-refractivity contribution >= 4 is 34.1 Å². The number of para-hydroxylation sites is 1. The van der Waals surface area contributed by atoms with Crippen LogP contribution >= 0.6 is 0 Å². The molecular formula is C30H37N5O2. The largest absolute Gasteiger partial charge is 0.365 e. The van der Waals surface area contributed by atoms with E-state index in [4.69, 9.17) is 11.5 Å². The summed E-state index contributed by atoms with van der Waals surface area (Å²) in [5, 5.41) is 6.95. The third-order valence-electron chi connectivity index (χ3n) is 5.32. The molecule has 4 aromatic rings. The zero-order chi connectivity index (χ0) is 27.2. The molecule has 0 spiro atoms. The van der Waals surface area contributed by atoms with E-state index in [0.29, 0.717) is 29.9 Å². The number of amides is 2. The van der Waals surface area contributed by atoms with Crippen LogP contribution in [-0.2, 0) is 0 Å². The Bertz CT molecular complexity index is 1290. The summed E-state index contributed by atoms with van der Waals surface area (Å²) in [4.78, 5) is 28.8. The van der Waals surface area contributed by atoms with E-state index in [1.807, 2.05) is 88.4 Å². The van der Waals surface area contributed by atoms with Gasteiger partial charge in [0.05, 0.1) is 16.8 Å². The highest BCUT2D eigenvalue weighted by Gasteiger charge is 2.15. The second-order valence-corrected chi connectivity index (χ2v) is 7.61. The lowest BCUT2D eigenvalue weighted by Crippen LogP contribution is -2.25. The van der Waals surface area contributed by atoms with Crippen molar-refractivity contribution in [3.63, 3.8) is 0 Å². The smallest absolute Gasteiger partial charge is 0.252 e. The quantitative estimate of drug-likeness (QED) is 0.226. The SMILES string of the molecule is CC.CC.NCCCNC(=O)c1ccc(-c2ccc3ncc(C(N)=O)c(Nc4ccccc4)c3c2)cc1. The van der Waals surface area contributed by atoms with Crippen LogP contribution < -0.4 is 22.1 Å². The highest BCUT2D eigenvalue weighted by molar-refractivity contribution is 6.08. The average Bonchev–Trinajstić information content (AvgIpc) is 2.95. The third-order valence-corrected chi connectivity index (χ3v) is 5.32. The van der Waals surface area contributed by atoms with Crippen LogP contribution in [0.4, 0.5) is 11.4 Å². The summed E-state index contributed by atoms with van der Waals surface area (Å²) < 4.78 is 0. The molecule has 7 nitrogen and oxygen atoms in total. The molecular weight excluding hydrogens is 462 g/mol. The third kappa shape index (κ3) is 7.62. The lowest BCUT2D eigenvalue weighted by atomic mass is 9.99. The van der Waals surface area contributed by atoms with Gasteiger partial charge in [0, 0.05) is 29.4 Å². The van der Waals surface area contributed by atoms with Crippen molar-refractivity contribution in [2.75, 3.05) is 18.4 Å². The van der Waals surface area contributed by atoms with Crippen molar-refractivity contribution in [3.05, 3.63) is 90.1 Å². The molecule has 0 fully saturated rings. The number of primary amides is 1. The zero-order valence-corrected chi connectivity index (χ0v) is 22.0. The molecule has 0 radical (unpaired) electrons. The van der Waals surface area contributed by atoms with Gasteiger partial charge in [-0.1, -0.05) is 64.1 Å². The molecule has 6 N–H and O–H groups in total. The van der Waals surface area contributed by atoms with Gasteiger partial charge in [-0.3, -0.25) is 14.6 Å². The second kappa shape index (κ2) is 15.0. The van der Waals surface area contributed by atoms with Gasteiger partial charge in [0.2, 0.25) is 0 Å². The Morgan fingerprint density at radius 1 is 0.865 bits per heavy atom. The van der Waals surface area contributed by atoms with Gasteiger partial charge in [-0.2, -0.15) is 0 Å². The molecule has 0 atom stereocenters. The van der Waals surface area contributed by atoms with E-state index in [1.165, 1.54) is 6.20 Å². The topological polar surface area (TPSA) is 123 Å². The first-order valence-electron chi connectivity index (χ1n) is 12.7. The van der Waals surface area contributed by atoms with Crippen molar-refractivity contribution in [2.24, 2.45) is 11.5 Å². The van der Waals surface area contributed by atoms with Gasteiger partial charge in [-0.05, 0) is 60.5 Å². The van der Waals surface area contributed by atoms with Crippen LogP contribution in [0.2, 0.25) is 0 Å². The number of hydrogen-bond donors (Lipinski definition) is 4. The maximum absolute atomic E-state index is 12.2. The van der Waals surface area contributed by atoms with Gasteiger partial charge in [-0.25, -0.2) is 0 Å². The number of fused-ring (bicyclic) bond motifs is 1.